The first-order valence-electron chi connectivity index (χ1n) is 10.1. The number of rotatable bonds is 16. The molecule has 0 radical (unpaired) electrons. The number of hydrogen-bond acceptors (Lipinski definition) is 10. The molecule has 0 aliphatic carbocycles. The van der Waals surface area contributed by atoms with Crippen LogP contribution in [0.25, 0.3) is 6.08 Å². The smallest absolute Gasteiger partial charge is 0.193 e. The minimum Gasteiger partial charge on any atom is -0.496 e. The average molecular weight is 478 g/mol. The van der Waals surface area contributed by atoms with E-state index in [0.717, 1.165) is 0 Å². The van der Waals surface area contributed by atoms with Crippen LogP contribution in [-0.2, 0) is 18.9 Å². The van der Waals surface area contributed by atoms with Crippen LogP contribution in [0.2, 0.25) is 0 Å². The molecule has 2 rings (SSSR count). The largest absolute Gasteiger partial charge is 0.496 e. The van der Waals surface area contributed by atoms with Gasteiger partial charge in [-0.25, -0.2) is 0 Å². The molecule has 0 unspecified atom stereocenters. The van der Waals surface area contributed by atoms with Crippen LogP contribution in [0.15, 0.2) is 36.4 Å². The molecule has 0 saturated carbocycles. The summed E-state index contributed by atoms with van der Waals surface area (Å²) in [5, 5.41) is 0. The standard InChI is InChI=1S/C24H30O10/c1-26-13-31-18-8-6-17(21(10-18)30-5)7-9-20(25)24-22(33-15-28-3)11-19(32-14-27-2)12-23(24)34-16-29-4/h6-12H,13-16H2,1-5H3/b9-7+. The highest BCUT2D eigenvalue weighted by Crippen LogP contribution is 2.36. The van der Waals surface area contributed by atoms with Crippen molar-refractivity contribution < 1.29 is 47.4 Å². The summed E-state index contributed by atoms with van der Waals surface area (Å²) in [6.07, 6.45) is 3.01. The van der Waals surface area contributed by atoms with Crippen LogP contribution in [0.3, 0.4) is 0 Å². The van der Waals surface area contributed by atoms with Crippen molar-refractivity contribution in [3.8, 4) is 28.7 Å². The van der Waals surface area contributed by atoms with Crippen molar-refractivity contribution >= 4 is 11.9 Å². The van der Waals surface area contributed by atoms with E-state index in [4.69, 9.17) is 42.6 Å². The van der Waals surface area contributed by atoms with E-state index >= 15 is 0 Å². The summed E-state index contributed by atoms with van der Waals surface area (Å²) < 4.78 is 47.4. The van der Waals surface area contributed by atoms with Crippen molar-refractivity contribution in [2.75, 3.05) is 62.7 Å². The third-order valence-electron chi connectivity index (χ3n) is 4.26. The van der Waals surface area contributed by atoms with Gasteiger partial charge in [0.1, 0.15) is 34.3 Å². The molecular formula is C24H30O10. The first-order valence-corrected chi connectivity index (χ1v) is 10.1. The van der Waals surface area contributed by atoms with Crippen LogP contribution in [0, 0.1) is 0 Å². The summed E-state index contributed by atoms with van der Waals surface area (Å²) in [6, 6.07) is 8.32. The van der Waals surface area contributed by atoms with Gasteiger partial charge in [-0.2, -0.15) is 0 Å². The maximum atomic E-state index is 13.2. The van der Waals surface area contributed by atoms with Crippen LogP contribution < -0.4 is 23.7 Å². The highest BCUT2D eigenvalue weighted by Gasteiger charge is 2.20. The van der Waals surface area contributed by atoms with Crippen molar-refractivity contribution in [3.63, 3.8) is 0 Å². The Morgan fingerprint density at radius 2 is 1.18 bits per heavy atom. The molecule has 0 atom stereocenters. The van der Waals surface area contributed by atoms with Gasteiger partial charge in [-0.3, -0.25) is 4.79 Å². The third kappa shape index (κ3) is 7.92. The topological polar surface area (TPSA) is 100 Å². The lowest BCUT2D eigenvalue weighted by Gasteiger charge is -2.16. The minimum atomic E-state index is -0.378. The Morgan fingerprint density at radius 1 is 0.676 bits per heavy atom. The summed E-state index contributed by atoms with van der Waals surface area (Å²) >= 11 is 0. The van der Waals surface area contributed by atoms with Crippen LogP contribution >= 0.6 is 0 Å². The maximum absolute atomic E-state index is 13.2. The lowest BCUT2D eigenvalue weighted by atomic mass is 10.1. The first kappa shape index (κ1) is 26.9. The van der Waals surface area contributed by atoms with E-state index in [1.54, 1.807) is 36.4 Å². The van der Waals surface area contributed by atoms with Gasteiger partial charge in [-0.05, 0) is 24.3 Å². The van der Waals surface area contributed by atoms with Gasteiger partial charge in [-0.15, -0.1) is 0 Å². The van der Waals surface area contributed by atoms with E-state index in [0.29, 0.717) is 22.8 Å². The zero-order valence-corrected chi connectivity index (χ0v) is 20.0. The molecule has 0 aliphatic rings. The van der Waals surface area contributed by atoms with Gasteiger partial charge in [0, 0.05) is 52.2 Å². The molecule has 0 saturated heterocycles. The van der Waals surface area contributed by atoms with E-state index in [1.807, 2.05) is 0 Å². The van der Waals surface area contributed by atoms with Crippen molar-refractivity contribution in [1.29, 1.82) is 0 Å². The zero-order chi connectivity index (χ0) is 24.8. The number of ether oxygens (including phenoxy) is 9. The lowest BCUT2D eigenvalue weighted by molar-refractivity contribution is 0.0400. The summed E-state index contributed by atoms with van der Waals surface area (Å²) in [5.74, 6) is 1.52. The molecule has 10 heteroatoms. The van der Waals surface area contributed by atoms with Crippen molar-refractivity contribution in [3.05, 3.63) is 47.5 Å². The summed E-state index contributed by atoms with van der Waals surface area (Å²) in [4.78, 5) is 13.2. The van der Waals surface area contributed by atoms with E-state index in [1.165, 1.54) is 41.6 Å². The van der Waals surface area contributed by atoms with Gasteiger partial charge in [0.15, 0.2) is 33.0 Å². The molecule has 0 aromatic heterocycles. The fraction of sp³-hybridized carbons (Fsp3) is 0.375. The molecule has 2 aromatic rings. The van der Waals surface area contributed by atoms with Crippen LogP contribution in [0.1, 0.15) is 15.9 Å². The van der Waals surface area contributed by atoms with E-state index < -0.39 is 0 Å². The van der Waals surface area contributed by atoms with Crippen molar-refractivity contribution in [2.24, 2.45) is 0 Å². The average Bonchev–Trinajstić information content (AvgIpc) is 2.86. The molecule has 0 fully saturated rings. The number of methoxy groups -OCH3 is 5. The van der Waals surface area contributed by atoms with Gasteiger partial charge in [0.05, 0.1) is 7.11 Å². The molecule has 10 nitrogen and oxygen atoms in total. The van der Waals surface area contributed by atoms with Crippen LogP contribution in [0.5, 0.6) is 28.7 Å². The molecule has 0 N–H and O–H groups in total. The first-order chi connectivity index (χ1) is 16.6. The van der Waals surface area contributed by atoms with E-state index in [2.05, 4.69) is 0 Å². The molecule has 0 spiro atoms. The Labute approximate surface area is 198 Å². The molecule has 34 heavy (non-hydrogen) atoms. The summed E-state index contributed by atoms with van der Waals surface area (Å²) in [6.45, 7) is -0.0592. The molecular weight excluding hydrogens is 448 g/mol. The monoisotopic (exact) mass is 478 g/mol. The predicted molar refractivity (Wildman–Crippen MR) is 123 cm³/mol. The Morgan fingerprint density at radius 3 is 1.71 bits per heavy atom. The summed E-state index contributed by atoms with van der Waals surface area (Å²) in [7, 11) is 7.51. The second-order valence-corrected chi connectivity index (χ2v) is 6.60. The number of carbonyl (C=O) groups excluding carboxylic acids is 1. The third-order valence-corrected chi connectivity index (χ3v) is 4.26. The minimum absolute atomic E-state index is 0.00448. The van der Waals surface area contributed by atoms with Crippen LogP contribution in [0.4, 0.5) is 0 Å². The van der Waals surface area contributed by atoms with Gasteiger partial charge in [0.25, 0.3) is 0 Å². The molecule has 0 heterocycles. The highest BCUT2D eigenvalue weighted by atomic mass is 16.7. The normalized spacial score (nSPS) is 10.9. The number of ketones is 1. The lowest BCUT2D eigenvalue weighted by Crippen LogP contribution is -2.10. The Bertz CT molecular complexity index is 912. The van der Waals surface area contributed by atoms with Crippen molar-refractivity contribution in [2.45, 2.75) is 0 Å². The maximum Gasteiger partial charge on any atom is 0.193 e. The Hall–Kier alpha value is -3.31. The number of hydrogen-bond donors (Lipinski definition) is 0. The Balaban J connectivity index is 2.40. The predicted octanol–water partition coefficient (Wildman–Crippen LogP) is 3.52. The number of carbonyl (C=O) groups is 1. The quantitative estimate of drug-likeness (QED) is 0.202. The molecule has 186 valence electrons. The fourth-order valence-electron chi connectivity index (χ4n) is 2.79. The zero-order valence-electron chi connectivity index (χ0n) is 20.0. The van der Waals surface area contributed by atoms with Gasteiger partial charge in [0.2, 0.25) is 0 Å². The molecule has 0 amide bonds. The van der Waals surface area contributed by atoms with Gasteiger partial charge in [-0.1, -0.05) is 0 Å². The second-order valence-electron chi connectivity index (χ2n) is 6.60. The van der Waals surface area contributed by atoms with E-state index in [9.17, 15) is 4.79 Å². The highest BCUT2D eigenvalue weighted by molar-refractivity contribution is 6.10. The van der Waals surface area contributed by atoms with Crippen molar-refractivity contribution in [1.82, 2.24) is 0 Å². The molecule has 0 bridgehead atoms. The fourth-order valence-corrected chi connectivity index (χ4v) is 2.79. The Kier molecular flexibility index (Phi) is 11.7. The SMILES string of the molecule is COCOc1ccc(/C=C/C(=O)c2c(OCOC)cc(OCOC)cc2OCOC)c(OC)c1. The molecule has 2 aromatic carbocycles. The molecule has 0 aliphatic heterocycles. The number of benzene rings is 2. The van der Waals surface area contributed by atoms with E-state index in [-0.39, 0.29) is 50.0 Å². The second kappa shape index (κ2) is 14.8. The summed E-state index contributed by atoms with van der Waals surface area (Å²) in [5.41, 5.74) is 0.841. The van der Waals surface area contributed by atoms with Gasteiger partial charge >= 0.3 is 0 Å². The van der Waals surface area contributed by atoms with Gasteiger partial charge < -0.3 is 42.6 Å². The number of allylic oxidation sites excluding steroid dienone is 1. The van der Waals surface area contributed by atoms with Crippen LogP contribution in [-0.4, -0.2) is 68.5 Å².